The standard InChI is InChI=1S/C21H30FN3O4/c1-4-21(19(27)28,20(2,3)22)24-17(26)15-9-10-16(25-11-5-6-12-25)18(23-15)29-13-14-7-8-14/h9-10,14H,4-8,11-13H2,1-3H3,(H,24,26)(H,27,28)/i2D2. The van der Waals surface area contributed by atoms with Crippen LogP contribution in [0.1, 0.15) is 66.1 Å². The van der Waals surface area contributed by atoms with E-state index in [0.717, 1.165) is 51.4 Å². The van der Waals surface area contributed by atoms with Crippen molar-refractivity contribution < 1.29 is 26.6 Å². The van der Waals surface area contributed by atoms with Crippen LogP contribution in [0.5, 0.6) is 5.88 Å². The molecule has 8 heteroatoms. The highest BCUT2D eigenvalue weighted by atomic mass is 19.1. The van der Waals surface area contributed by atoms with E-state index < -0.39 is 30.0 Å². The van der Waals surface area contributed by atoms with Crippen LogP contribution in [0.25, 0.3) is 0 Å². The van der Waals surface area contributed by atoms with Gasteiger partial charge in [0.1, 0.15) is 11.4 Å². The third kappa shape index (κ3) is 4.46. The molecule has 1 aromatic heterocycles. The molecule has 2 N–H and O–H groups in total. The summed E-state index contributed by atoms with van der Waals surface area (Å²) in [5, 5.41) is 12.0. The van der Waals surface area contributed by atoms with E-state index in [-0.39, 0.29) is 12.1 Å². The molecule has 3 rings (SSSR count). The number of pyridine rings is 1. The van der Waals surface area contributed by atoms with E-state index in [4.69, 9.17) is 7.48 Å². The second-order valence-corrected chi connectivity index (χ2v) is 8.06. The largest absolute Gasteiger partial charge is 0.479 e. The molecule has 1 saturated heterocycles. The van der Waals surface area contributed by atoms with Gasteiger partial charge in [-0.3, -0.25) is 4.79 Å². The predicted octanol–water partition coefficient (Wildman–Crippen LogP) is 3.18. The Kier molecular flexibility index (Phi) is 5.24. The average Bonchev–Trinajstić information content (AvgIpc) is 3.40. The molecular weight excluding hydrogens is 377 g/mol. The summed E-state index contributed by atoms with van der Waals surface area (Å²) in [6.45, 7) is 2.34. The molecule has 0 spiro atoms. The molecular formula is C21H30FN3O4. The number of carboxylic acids is 1. The van der Waals surface area contributed by atoms with Crippen molar-refractivity contribution in [2.75, 3.05) is 24.6 Å². The minimum Gasteiger partial charge on any atom is -0.479 e. The number of nitrogens with one attached hydrogen (secondary N) is 1. The normalized spacial score (nSPS) is 21.7. The molecule has 1 amide bonds. The summed E-state index contributed by atoms with van der Waals surface area (Å²) in [6.07, 6.45) is 3.95. The van der Waals surface area contributed by atoms with Gasteiger partial charge < -0.3 is 20.1 Å². The highest BCUT2D eigenvalue weighted by Crippen LogP contribution is 2.34. The van der Waals surface area contributed by atoms with E-state index >= 15 is 4.39 Å². The van der Waals surface area contributed by atoms with Crippen molar-refractivity contribution in [3.8, 4) is 5.88 Å². The van der Waals surface area contributed by atoms with E-state index in [1.165, 1.54) is 13.0 Å². The molecule has 7 nitrogen and oxygen atoms in total. The van der Waals surface area contributed by atoms with E-state index in [9.17, 15) is 14.7 Å². The summed E-state index contributed by atoms with van der Waals surface area (Å²) in [4.78, 5) is 31.4. The SMILES string of the molecule is [2H]C([2H])C(C)(F)C(CC)(NC(=O)c1ccc(N2CCCC2)c(OCC2CC2)n1)C(=O)O. The van der Waals surface area contributed by atoms with Gasteiger partial charge in [-0.25, -0.2) is 14.2 Å². The molecule has 2 aliphatic rings. The number of carboxylic acid groups (broad SMARTS) is 1. The van der Waals surface area contributed by atoms with Crippen molar-refractivity contribution in [3.05, 3.63) is 17.8 Å². The summed E-state index contributed by atoms with van der Waals surface area (Å²) < 4.78 is 36.0. The van der Waals surface area contributed by atoms with Crippen LogP contribution in [-0.4, -0.2) is 52.9 Å². The summed E-state index contributed by atoms with van der Waals surface area (Å²) in [5.74, 6) is -1.75. The fourth-order valence-electron chi connectivity index (χ4n) is 3.57. The van der Waals surface area contributed by atoms with Crippen molar-refractivity contribution in [2.24, 2.45) is 5.92 Å². The Balaban J connectivity index is 1.90. The van der Waals surface area contributed by atoms with Gasteiger partial charge in [-0.15, -0.1) is 0 Å². The minimum absolute atomic E-state index is 0.102. The fraction of sp³-hybridized carbons (Fsp3) is 0.667. The molecule has 1 aliphatic carbocycles. The number of anilines is 1. The lowest BCUT2D eigenvalue weighted by atomic mass is 9.81. The van der Waals surface area contributed by atoms with E-state index in [2.05, 4.69) is 15.2 Å². The maximum absolute atomic E-state index is 15.2. The lowest BCUT2D eigenvalue weighted by Gasteiger charge is -2.37. The van der Waals surface area contributed by atoms with Gasteiger partial charge >= 0.3 is 5.97 Å². The monoisotopic (exact) mass is 409 g/mol. The second-order valence-electron chi connectivity index (χ2n) is 8.06. The first kappa shape index (κ1) is 18.6. The van der Waals surface area contributed by atoms with Crippen LogP contribution in [0.4, 0.5) is 10.1 Å². The lowest BCUT2D eigenvalue weighted by Crippen LogP contribution is -2.64. The zero-order valence-corrected chi connectivity index (χ0v) is 16.9. The van der Waals surface area contributed by atoms with Crippen molar-refractivity contribution in [2.45, 2.75) is 64.0 Å². The van der Waals surface area contributed by atoms with Gasteiger partial charge in [0, 0.05) is 15.8 Å². The van der Waals surface area contributed by atoms with Crippen LogP contribution in [0, 0.1) is 5.92 Å². The molecule has 0 bridgehead atoms. The molecule has 160 valence electrons. The van der Waals surface area contributed by atoms with Gasteiger partial charge in [0.2, 0.25) is 5.88 Å². The smallest absolute Gasteiger partial charge is 0.332 e. The number of amides is 1. The summed E-state index contributed by atoms with van der Waals surface area (Å²) in [5.41, 5.74) is -4.59. The first-order valence-electron chi connectivity index (χ1n) is 11.3. The molecule has 2 atom stereocenters. The highest BCUT2D eigenvalue weighted by molar-refractivity contribution is 5.97. The maximum atomic E-state index is 15.2. The predicted molar refractivity (Wildman–Crippen MR) is 107 cm³/mol. The summed E-state index contributed by atoms with van der Waals surface area (Å²) in [7, 11) is 0. The summed E-state index contributed by atoms with van der Waals surface area (Å²) in [6, 6.07) is 3.18. The Morgan fingerprint density at radius 2 is 2.10 bits per heavy atom. The second kappa shape index (κ2) is 8.16. The van der Waals surface area contributed by atoms with Gasteiger partial charge in [0.15, 0.2) is 5.54 Å². The third-order valence-electron chi connectivity index (χ3n) is 5.73. The van der Waals surface area contributed by atoms with Crippen LogP contribution in [-0.2, 0) is 4.79 Å². The number of hydrogen-bond acceptors (Lipinski definition) is 5. The molecule has 0 aromatic carbocycles. The number of rotatable bonds is 9. The number of halogens is 1. The topological polar surface area (TPSA) is 91.8 Å². The van der Waals surface area contributed by atoms with Crippen LogP contribution in [0.3, 0.4) is 0 Å². The van der Waals surface area contributed by atoms with Crippen LogP contribution in [0.15, 0.2) is 12.1 Å². The van der Waals surface area contributed by atoms with Crippen molar-refractivity contribution >= 4 is 17.6 Å². The number of hydrogen-bond donors (Lipinski definition) is 2. The Morgan fingerprint density at radius 1 is 1.41 bits per heavy atom. The number of carbonyl (C=O) groups excluding carboxylic acids is 1. The number of aliphatic carboxylic acids is 1. The molecule has 2 fully saturated rings. The zero-order valence-electron chi connectivity index (χ0n) is 18.9. The van der Waals surface area contributed by atoms with Crippen molar-refractivity contribution in [1.82, 2.24) is 10.3 Å². The Hall–Kier alpha value is -2.38. The molecule has 0 radical (unpaired) electrons. The number of nitrogens with zero attached hydrogens (tertiary/aromatic N) is 2. The fourth-order valence-corrected chi connectivity index (χ4v) is 3.57. The van der Waals surface area contributed by atoms with Gasteiger partial charge in [-0.05, 0) is 64.0 Å². The van der Waals surface area contributed by atoms with E-state index in [1.807, 2.05) is 0 Å². The van der Waals surface area contributed by atoms with Gasteiger partial charge in [-0.2, -0.15) is 0 Å². The quantitative estimate of drug-likeness (QED) is 0.651. The van der Waals surface area contributed by atoms with Gasteiger partial charge in [0.05, 0.1) is 12.3 Å². The molecule has 1 aliphatic heterocycles. The number of aromatic nitrogens is 1. The molecule has 1 saturated carbocycles. The highest BCUT2D eigenvalue weighted by Gasteiger charge is 2.52. The molecule has 1 aromatic rings. The number of carbonyl (C=O) groups is 2. The van der Waals surface area contributed by atoms with Crippen molar-refractivity contribution in [3.63, 3.8) is 0 Å². The third-order valence-corrected chi connectivity index (χ3v) is 5.73. The van der Waals surface area contributed by atoms with Crippen molar-refractivity contribution in [1.29, 1.82) is 0 Å². The molecule has 2 unspecified atom stereocenters. The Bertz CT molecular complexity index is 829. The summed E-state index contributed by atoms with van der Waals surface area (Å²) >= 11 is 0. The minimum atomic E-state index is -2.83. The Labute approximate surface area is 173 Å². The Morgan fingerprint density at radius 3 is 2.66 bits per heavy atom. The maximum Gasteiger partial charge on any atom is 0.332 e. The number of ether oxygens (including phenoxy) is 1. The van der Waals surface area contributed by atoms with Crippen LogP contribution < -0.4 is 15.0 Å². The zero-order chi connectivity index (χ0) is 22.8. The van der Waals surface area contributed by atoms with Gasteiger partial charge in [0.25, 0.3) is 5.91 Å². The van der Waals surface area contributed by atoms with E-state index in [0.29, 0.717) is 18.4 Å². The van der Waals surface area contributed by atoms with Crippen LogP contribution in [0.2, 0.25) is 0 Å². The van der Waals surface area contributed by atoms with Gasteiger partial charge in [-0.1, -0.05) is 6.92 Å². The lowest BCUT2D eigenvalue weighted by molar-refractivity contribution is -0.151. The average molecular weight is 409 g/mol. The van der Waals surface area contributed by atoms with Crippen LogP contribution >= 0.6 is 0 Å². The van der Waals surface area contributed by atoms with E-state index in [1.54, 1.807) is 6.07 Å². The molecule has 29 heavy (non-hydrogen) atoms. The number of alkyl halides is 1. The first-order chi connectivity index (χ1) is 14.6. The first-order valence-corrected chi connectivity index (χ1v) is 10.1. The molecule has 2 heterocycles.